The number of carbonyl (C=O) groups excluding carboxylic acids is 4. The quantitative estimate of drug-likeness (QED) is 0.306. The summed E-state index contributed by atoms with van der Waals surface area (Å²) >= 11 is 0. The van der Waals surface area contributed by atoms with E-state index in [9.17, 15) is 28.7 Å². The van der Waals surface area contributed by atoms with Crippen LogP contribution in [0, 0.1) is 5.82 Å². The summed E-state index contributed by atoms with van der Waals surface area (Å²) in [6.45, 7) is 1.65. The number of phenolic OH excluding ortho intramolecular Hbond substituents is 1. The van der Waals surface area contributed by atoms with Gasteiger partial charge in [0.15, 0.2) is 18.1 Å². The third-order valence-electron chi connectivity index (χ3n) is 5.27. The van der Waals surface area contributed by atoms with Gasteiger partial charge in [-0.2, -0.15) is 0 Å². The molecule has 1 saturated heterocycles. The van der Waals surface area contributed by atoms with Crippen molar-refractivity contribution in [1.82, 2.24) is 5.32 Å². The topological polar surface area (TPSA) is 134 Å². The van der Waals surface area contributed by atoms with Gasteiger partial charge < -0.3 is 19.9 Å². The summed E-state index contributed by atoms with van der Waals surface area (Å²) in [7, 11) is 0. The number of phenols is 1. The maximum Gasteiger partial charge on any atom is 0.335 e. The van der Waals surface area contributed by atoms with Crippen molar-refractivity contribution in [2.45, 2.75) is 6.92 Å². The number of hydrogen-bond donors (Lipinski definition) is 3. The highest BCUT2D eigenvalue weighted by Gasteiger charge is 2.36. The Morgan fingerprint density at radius 1 is 1.00 bits per heavy atom. The van der Waals surface area contributed by atoms with E-state index in [1.54, 1.807) is 13.0 Å². The number of aromatic hydroxyl groups is 1. The number of rotatable bonds is 8. The third-order valence-corrected chi connectivity index (χ3v) is 5.27. The Morgan fingerprint density at radius 2 is 1.71 bits per heavy atom. The number of carbonyl (C=O) groups is 4. The van der Waals surface area contributed by atoms with E-state index in [2.05, 4.69) is 10.6 Å². The number of imide groups is 2. The van der Waals surface area contributed by atoms with Crippen LogP contribution in [0.15, 0.2) is 72.3 Å². The fraction of sp³-hybridized carbons (Fsp3) is 0.111. The third kappa shape index (κ3) is 5.95. The second-order valence-electron chi connectivity index (χ2n) is 7.96. The highest BCUT2D eigenvalue weighted by atomic mass is 19.1. The number of benzene rings is 3. The van der Waals surface area contributed by atoms with E-state index in [1.807, 2.05) is 0 Å². The van der Waals surface area contributed by atoms with Crippen LogP contribution in [0.2, 0.25) is 0 Å². The van der Waals surface area contributed by atoms with Gasteiger partial charge in [-0.1, -0.05) is 6.07 Å². The average molecular weight is 519 g/mol. The van der Waals surface area contributed by atoms with Crippen molar-refractivity contribution in [2.75, 3.05) is 23.4 Å². The number of nitrogens with zero attached hydrogens (tertiary/aromatic N) is 1. The molecule has 0 saturated carbocycles. The average Bonchev–Trinajstić information content (AvgIpc) is 2.88. The van der Waals surface area contributed by atoms with Crippen LogP contribution in [-0.2, 0) is 14.4 Å². The number of amides is 5. The molecule has 0 bridgehead atoms. The van der Waals surface area contributed by atoms with Gasteiger partial charge in [-0.25, -0.2) is 14.1 Å². The first-order valence-corrected chi connectivity index (χ1v) is 11.4. The summed E-state index contributed by atoms with van der Waals surface area (Å²) in [4.78, 5) is 50.9. The van der Waals surface area contributed by atoms with Crippen LogP contribution in [0.4, 0.5) is 20.6 Å². The molecule has 1 heterocycles. The molecule has 3 aromatic carbocycles. The van der Waals surface area contributed by atoms with E-state index in [-0.39, 0.29) is 41.7 Å². The lowest BCUT2D eigenvalue weighted by Gasteiger charge is -2.26. The second-order valence-corrected chi connectivity index (χ2v) is 7.96. The van der Waals surface area contributed by atoms with E-state index >= 15 is 0 Å². The van der Waals surface area contributed by atoms with Gasteiger partial charge in [0.05, 0.1) is 12.3 Å². The number of anilines is 2. The number of ether oxygens (including phenoxy) is 2. The van der Waals surface area contributed by atoms with Crippen molar-refractivity contribution in [3.8, 4) is 17.2 Å². The van der Waals surface area contributed by atoms with Crippen LogP contribution in [-0.4, -0.2) is 42.1 Å². The molecule has 1 aliphatic heterocycles. The zero-order valence-corrected chi connectivity index (χ0v) is 20.1. The molecule has 0 unspecified atom stereocenters. The van der Waals surface area contributed by atoms with Gasteiger partial charge in [-0.15, -0.1) is 0 Å². The van der Waals surface area contributed by atoms with E-state index in [0.717, 1.165) is 4.90 Å². The fourth-order valence-electron chi connectivity index (χ4n) is 3.54. The maximum atomic E-state index is 13.1. The van der Waals surface area contributed by atoms with Crippen molar-refractivity contribution >= 4 is 41.2 Å². The molecule has 5 amide bonds. The Morgan fingerprint density at radius 3 is 2.39 bits per heavy atom. The summed E-state index contributed by atoms with van der Waals surface area (Å²) in [5.41, 5.74) is 0.672. The van der Waals surface area contributed by atoms with Crippen molar-refractivity contribution in [1.29, 1.82) is 0 Å². The normalized spacial score (nSPS) is 14.3. The van der Waals surface area contributed by atoms with Gasteiger partial charge in [0, 0.05) is 5.69 Å². The number of halogens is 1. The standard InChI is InChI=1S/C27H22FN3O7/c1-2-37-23-14-16(3-12-22(23)38-15-24(33)29-18-6-4-17(28)5-7-18)13-21-25(34)30-27(36)31(26(21)35)19-8-10-20(32)11-9-19/h3-14,32H,2,15H2,1H3,(H,29,33)(H,30,34,36)/b21-13-. The van der Waals surface area contributed by atoms with Gasteiger partial charge in [0.1, 0.15) is 17.1 Å². The van der Waals surface area contributed by atoms with Crippen LogP contribution in [0.25, 0.3) is 6.08 Å². The molecular formula is C27H22FN3O7. The molecule has 11 heteroatoms. The van der Waals surface area contributed by atoms with Crippen molar-refractivity contribution < 1.29 is 38.1 Å². The van der Waals surface area contributed by atoms with Gasteiger partial charge in [-0.05, 0) is 79.2 Å². The minimum absolute atomic E-state index is 0.0517. The Bertz CT molecular complexity index is 1420. The zero-order chi connectivity index (χ0) is 27.2. The molecule has 0 radical (unpaired) electrons. The van der Waals surface area contributed by atoms with Gasteiger partial charge >= 0.3 is 6.03 Å². The van der Waals surface area contributed by atoms with Crippen molar-refractivity contribution in [3.05, 3.63) is 83.7 Å². The lowest BCUT2D eigenvalue weighted by atomic mass is 10.1. The molecule has 38 heavy (non-hydrogen) atoms. The summed E-state index contributed by atoms with van der Waals surface area (Å²) in [6.07, 6.45) is 1.30. The van der Waals surface area contributed by atoms with Crippen LogP contribution in [0.3, 0.4) is 0 Å². The van der Waals surface area contributed by atoms with E-state index in [4.69, 9.17) is 9.47 Å². The molecule has 4 rings (SSSR count). The number of urea groups is 1. The van der Waals surface area contributed by atoms with Gasteiger partial charge in [0.2, 0.25) is 0 Å². The molecule has 0 spiro atoms. The minimum atomic E-state index is -0.916. The zero-order valence-electron chi connectivity index (χ0n) is 20.1. The van der Waals surface area contributed by atoms with E-state index in [1.165, 1.54) is 66.7 Å². The molecule has 3 N–H and O–H groups in total. The van der Waals surface area contributed by atoms with Crippen LogP contribution < -0.4 is 25.0 Å². The summed E-state index contributed by atoms with van der Waals surface area (Å²) in [5.74, 6) is -2.18. The second kappa shape index (κ2) is 11.2. The fourth-order valence-corrected chi connectivity index (χ4v) is 3.54. The highest BCUT2D eigenvalue weighted by molar-refractivity contribution is 6.39. The molecule has 1 fully saturated rings. The monoisotopic (exact) mass is 519 g/mol. The SMILES string of the molecule is CCOc1cc(/C=C2/C(=O)NC(=O)N(c3ccc(O)cc3)C2=O)ccc1OCC(=O)Nc1ccc(F)cc1. The molecule has 0 atom stereocenters. The van der Waals surface area contributed by atoms with Crippen molar-refractivity contribution in [2.24, 2.45) is 0 Å². The summed E-state index contributed by atoms with van der Waals surface area (Å²) in [6, 6.07) is 14.3. The van der Waals surface area contributed by atoms with E-state index < -0.39 is 29.6 Å². The first-order valence-electron chi connectivity index (χ1n) is 11.4. The predicted octanol–water partition coefficient (Wildman–Crippen LogP) is 3.61. The first kappa shape index (κ1) is 25.9. The number of nitrogens with one attached hydrogen (secondary N) is 2. The molecule has 3 aromatic rings. The molecule has 194 valence electrons. The Kier molecular flexibility index (Phi) is 7.66. The number of hydrogen-bond acceptors (Lipinski definition) is 7. The Hall–Kier alpha value is -5.19. The summed E-state index contributed by atoms with van der Waals surface area (Å²) in [5, 5.41) is 14.2. The highest BCUT2D eigenvalue weighted by Crippen LogP contribution is 2.30. The molecule has 1 aliphatic rings. The van der Waals surface area contributed by atoms with Gasteiger partial charge in [0.25, 0.3) is 17.7 Å². The van der Waals surface area contributed by atoms with E-state index in [0.29, 0.717) is 11.3 Å². The lowest BCUT2D eigenvalue weighted by molar-refractivity contribution is -0.122. The summed E-state index contributed by atoms with van der Waals surface area (Å²) < 4.78 is 24.2. The van der Waals surface area contributed by atoms with Crippen LogP contribution in [0.5, 0.6) is 17.2 Å². The Labute approximate surface area is 216 Å². The minimum Gasteiger partial charge on any atom is -0.508 e. The molecular weight excluding hydrogens is 497 g/mol. The molecule has 0 aliphatic carbocycles. The Balaban J connectivity index is 1.52. The molecule has 10 nitrogen and oxygen atoms in total. The smallest absolute Gasteiger partial charge is 0.335 e. The number of barbiturate groups is 1. The molecule has 0 aromatic heterocycles. The first-order chi connectivity index (χ1) is 18.2. The predicted molar refractivity (Wildman–Crippen MR) is 135 cm³/mol. The lowest BCUT2D eigenvalue weighted by Crippen LogP contribution is -2.54. The van der Waals surface area contributed by atoms with Crippen molar-refractivity contribution in [3.63, 3.8) is 0 Å². The van der Waals surface area contributed by atoms with Crippen LogP contribution in [0.1, 0.15) is 12.5 Å². The van der Waals surface area contributed by atoms with Gasteiger partial charge in [-0.3, -0.25) is 19.7 Å². The maximum absolute atomic E-state index is 13.1. The largest absolute Gasteiger partial charge is 0.508 e. The van der Waals surface area contributed by atoms with Crippen LogP contribution >= 0.6 is 0 Å².